The number of nitrogens with zero attached hydrogens (tertiary/aromatic N) is 1. The molecule has 16 heavy (non-hydrogen) atoms. The van der Waals surface area contributed by atoms with Crippen LogP contribution in [0.5, 0.6) is 0 Å². The predicted octanol–water partition coefficient (Wildman–Crippen LogP) is 0.982. The maximum atomic E-state index is 11.8. The van der Waals surface area contributed by atoms with Gasteiger partial charge < -0.3 is 14.7 Å². The number of carbonyl (C=O) groups excluding carboxylic acids is 1. The van der Waals surface area contributed by atoms with Crippen LogP contribution >= 0.6 is 0 Å². The number of rotatable bonds is 8. The number of ether oxygens (including phenoxy) is 1. The van der Waals surface area contributed by atoms with Crippen molar-refractivity contribution in [2.75, 3.05) is 26.8 Å². The molecule has 0 aromatic heterocycles. The van der Waals surface area contributed by atoms with Crippen LogP contribution < -0.4 is 0 Å². The molecule has 1 atom stereocenters. The molecule has 0 bridgehead atoms. The van der Waals surface area contributed by atoms with E-state index >= 15 is 0 Å². The summed E-state index contributed by atoms with van der Waals surface area (Å²) >= 11 is 0. The van der Waals surface area contributed by atoms with Crippen molar-refractivity contribution in [1.82, 2.24) is 4.90 Å². The zero-order valence-electron chi connectivity index (χ0n) is 10.2. The number of aliphatic carboxylic acids is 1. The number of amides is 1. The zero-order valence-corrected chi connectivity index (χ0v) is 10.2. The van der Waals surface area contributed by atoms with Crippen molar-refractivity contribution >= 4 is 11.9 Å². The van der Waals surface area contributed by atoms with Gasteiger partial charge in [-0.1, -0.05) is 20.3 Å². The first-order valence-corrected chi connectivity index (χ1v) is 5.49. The maximum absolute atomic E-state index is 11.8. The fraction of sp³-hybridized carbons (Fsp3) is 0.818. The Bertz CT molecular complexity index is 230. The van der Waals surface area contributed by atoms with Crippen molar-refractivity contribution in [2.24, 2.45) is 5.92 Å². The Labute approximate surface area is 96.4 Å². The molecule has 1 N–H and O–H groups in total. The second-order valence-corrected chi connectivity index (χ2v) is 3.92. The van der Waals surface area contributed by atoms with Gasteiger partial charge >= 0.3 is 5.97 Å². The van der Waals surface area contributed by atoms with Crippen LogP contribution in [0.3, 0.4) is 0 Å². The van der Waals surface area contributed by atoms with Crippen molar-refractivity contribution in [3.63, 3.8) is 0 Å². The summed E-state index contributed by atoms with van der Waals surface area (Å²) in [5, 5.41) is 8.69. The van der Waals surface area contributed by atoms with E-state index in [1.54, 1.807) is 0 Å². The van der Waals surface area contributed by atoms with Crippen molar-refractivity contribution < 1.29 is 19.4 Å². The van der Waals surface area contributed by atoms with Crippen LogP contribution in [0.4, 0.5) is 0 Å². The van der Waals surface area contributed by atoms with E-state index in [9.17, 15) is 9.59 Å². The first-order chi connectivity index (χ1) is 7.51. The molecule has 0 saturated heterocycles. The lowest BCUT2D eigenvalue weighted by molar-refractivity contribution is -0.145. The van der Waals surface area contributed by atoms with E-state index in [-0.39, 0.29) is 18.4 Å². The van der Waals surface area contributed by atoms with Gasteiger partial charge in [0.2, 0.25) is 5.91 Å². The third kappa shape index (κ3) is 6.40. The molecule has 0 aliphatic carbocycles. The molecule has 0 rings (SSSR count). The van der Waals surface area contributed by atoms with Crippen LogP contribution in [-0.4, -0.2) is 48.7 Å². The molecule has 0 aromatic rings. The normalized spacial score (nSPS) is 12.2. The minimum atomic E-state index is -0.992. The van der Waals surface area contributed by atoms with Gasteiger partial charge in [0.05, 0.1) is 6.61 Å². The number of hydrogen-bond acceptors (Lipinski definition) is 3. The second-order valence-electron chi connectivity index (χ2n) is 3.92. The van der Waals surface area contributed by atoms with Crippen LogP contribution in [0, 0.1) is 5.92 Å². The quantitative estimate of drug-likeness (QED) is 0.676. The van der Waals surface area contributed by atoms with Gasteiger partial charge in [-0.15, -0.1) is 0 Å². The smallest absolute Gasteiger partial charge is 0.323 e. The predicted molar refractivity (Wildman–Crippen MR) is 60.2 cm³/mol. The highest BCUT2D eigenvalue weighted by Gasteiger charge is 2.18. The number of carboxylic acid groups (broad SMARTS) is 1. The molecule has 0 saturated carbocycles. The number of carboxylic acids is 1. The number of methoxy groups -OCH3 is 1. The fourth-order valence-electron chi connectivity index (χ4n) is 1.23. The van der Waals surface area contributed by atoms with Gasteiger partial charge in [-0.05, 0) is 5.92 Å². The lowest BCUT2D eigenvalue weighted by Gasteiger charge is -2.21. The van der Waals surface area contributed by atoms with E-state index in [0.717, 1.165) is 6.42 Å². The van der Waals surface area contributed by atoms with Crippen molar-refractivity contribution in [3.05, 3.63) is 0 Å². The monoisotopic (exact) mass is 231 g/mol. The number of carbonyl (C=O) groups is 2. The molecule has 94 valence electrons. The molecule has 0 fully saturated rings. The molecular formula is C11H21NO4. The average molecular weight is 231 g/mol. The topological polar surface area (TPSA) is 66.8 Å². The molecule has 0 spiro atoms. The summed E-state index contributed by atoms with van der Waals surface area (Å²) in [6.07, 6.45) is 1.31. The van der Waals surface area contributed by atoms with E-state index in [1.165, 1.54) is 12.0 Å². The summed E-state index contributed by atoms with van der Waals surface area (Å²) in [5.74, 6) is -0.825. The van der Waals surface area contributed by atoms with E-state index in [4.69, 9.17) is 9.84 Å². The Kier molecular flexibility index (Phi) is 7.54. The molecule has 0 heterocycles. The standard InChI is InChI=1S/C11H21NO4/c1-4-9(2)7-10(13)12(5-6-16-3)8-11(14)15/h9H,4-8H2,1-3H3,(H,14,15). The molecule has 5 nitrogen and oxygen atoms in total. The van der Waals surface area contributed by atoms with Gasteiger partial charge in [0, 0.05) is 20.1 Å². The zero-order chi connectivity index (χ0) is 12.6. The highest BCUT2D eigenvalue weighted by molar-refractivity contribution is 5.81. The SMILES string of the molecule is CCC(C)CC(=O)N(CCOC)CC(=O)O. The van der Waals surface area contributed by atoms with Crippen molar-refractivity contribution in [1.29, 1.82) is 0 Å². The summed E-state index contributed by atoms with van der Waals surface area (Å²) in [5.41, 5.74) is 0. The van der Waals surface area contributed by atoms with E-state index in [0.29, 0.717) is 19.6 Å². The van der Waals surface area contributed by atoms with Gasteiger partial charge in [0.1, 0.15) is 6.54 Å². The molecule has 0 aromatic carbocycles. The Morgan fingerprint density at radius 2 is 2.06 bits per heavy atom. The van der Waals surface area contributed by atoms with Gasteiger partial charge in [0.25, 0.3) is 0 Å². The van der Waals surface area contributed by atoms with E-state index in [1.807, 2.05) is 13.8 Å². The summed E-state index contributed by atoms with van der Waals surface area (Å²) in [6, 6.07) is 0. The molecule has 1 amide bonds. The highest BCUT2D eigenvalue weighted by atomic mass is 16.5. The highest BCUT2D eigenvalue weighted by Crippen LogP contribution is 2.09. The lowest BCUT2D eigenvalue weighted by Crippen LogP contribution is -2.38. The summed E-state index contributed by atoms with van der Waals surface area (Å²) < 4.78 is 4.85. The van der Waals surface area contributed by atoms with Gasteiger partial charge in [-0.25, -0.2) is 0 Å². The van der Waals surface area contributed by atoms with Gasteiger partial charge in [-0.2, -0.15) is 0 Å². The summed E-state index contributed by atoms with van der Waals surface area (Å²) in [6.45, 7) is 4.43. The fourth-order valence-corrected chi connectivity index (χ4v) is 1.23. The van der Waals surface area contributed by atoms with Crippen LogP contribution in [0.25, 0.3) is 0 Å². The minimum Gasteiger partial charge on any atom is -0.480 e. The molecule has 0 aliphatic rings. The molecular weight excluding hydrogens is 210 g/mol. The van der Waals surface area contributed by atoms with Crippen molar-refractivity contribution in [2.45, 2.75) is 26.7 Å². The second kappa shape index (κ2) is 8.10. The van der Waals surface area contributed by atoms with Gasteiger partial charge in [0.15, 0.2) is 0 Å². The first kappa shape index (κ1) is 14.9. The van der Waals surface area contributed by atoms with E-state index < -0.39 is 5.97 Å². The summed E-state index contributed by atoms with van der Waals surface area (Å²) in [7, 11) is 1.53. The Morgan fingerprint density at radius 1 is 1.44 bits per heavy atom. The largest absolute Gasteiger partial charge is 0.480 e. The van der Waals surface area contributed by atoms with Gasteiger partial charge in [-0.3, -0.25) is 9.59 Å². The summed E-state index contributed by atoms with van der Waals surface area (Å²) in [4.78, 5) is 23.7. The van der Waals surface area contributed by atoms with E-state index in [2.05, 4.69) is 0 Å². The Balaban J connectivity index is 4.25. The Morgan fingerprint density at radius 3 is 2.50 bits per heavy atom. The molecule has 5 heteroatoms. The maximum Gasteiger partial charge on any atom is 0.323 e. The van der Waals surface area contributed by atoms with Crippen LogP contribution in [0.2, 0.25) is 0 Å². The molecule has 1 unspecified atom stereocenters. The third-order valence-electron chi connectivity index (χ3n) is 2.46. The number of hydrogen-bond donors (Lipinski definition) is 1. The van der Waals surface area contributed by atoms with Crippen LogP contribution in [0.1, 0.15) is 26.7 Å². The van der Waals surface area contributed by atoms with Crippen LogP contribution in [-0.2, 0) is 14.3 Å². The average Bonchev–Trinajstić information content (AvgIpc) is 2.23. The lowest BCUT2D eigenvalue weighted by atomic mass is 10.0. The van der Waals surface area contributed by atoms with Crippen molar-refractivity contribution in [3.8, 4) is 0 Å². The van der Waals surface area contributed by atoms with Crippen LogP contribution in [0.15, 0.2) is 0 Å². The minimum absolute atomic E-state index is 0.117. The molecule has 0 radical (unpaired) electrons. The Hall–Kier alpha value is -1.10. The molecule has 0 aliphatic heterocycles. The first-order valence-electron chi connectivity index (χ1n) is 5.49. The third-order valence-corrected chi connectivity index (χ3v) is 2.46.